The summed E-state index contributed by atoms with van der Waals surface area (Å²) in [6.45, 7) is 1.62. The Hall–Kier alpha value is -2.76. The molecule has 0 amide bonds. The Morgan fingerprint density at radius 1 is 1.20 bits per heavy atom. The van der Waals surface area contributed by atoms with Gasteiger partial charge >= 0.3 is 0 Å². The van der Waals surface area contributed by atoms with Crippen molar-refractivity contribution in [2.75, 3.05) is 13.1 Å². The molecule has 0 atom stereocenters. The van der Waals surface area contributed by atoms with Crippen molar-refractivity contribution in [2.24, 2.45) is 0 Å². The summed E-state index contributed by atoms with van der Waals surface area (Å²) in [5.74, 6) is 0.891. The predicted octanol–water partition coefficient (Wildman–Crippen LogP) is 4.40. The minimum Gasteiger partial charge on any atom is -0.662 e. The van der Waals surface area contributed by atoms with Gasteiger partial charge in [-0.25, -0.2) is 9.97 Å². The van der Waals surface area contributed by atoms with Gasteiger partial charge in [-0.2, -0.15) is 0 Å². The van der Waals surface area contributed by atoms with Crippen LogP contribution in [0.5, 0.6) is 0 Å². The number of aromatic nitrogens is 3. The van der Waals surface area contributed by atoms with Crippen molar-refractivity contribution in [3.63, 3.8) is 0 Å². The van der Waals surface area contributed by atoms with Gasteiger partial charge in [0.15, 0.2) is 0 Å². The number of H-pyrrole nitrogens is 1. The van der Waals surface area contributed by atoms with Gasteiger partial charge in [-0.15, -0.1) is 24.4 Å². The number of halogens is 1. The predicted molar refractivity (Wildman–Crippen MR) is 100.0 cm³/mol. The first kappa shape index (κ1) is 18.6. The van der Waals surface area contributed by atoms with E-state index in [1.165, 1.54) is 11.3 Å². The zero-order valence-electron chi connectivity index (χ0n) is 13.6. The molecule has 1 N–H and O–H groups in total. The number of benzene rings is 1. The first-order chi connectivity index (χ1) is 11.2. The van der Waals surface area contributed by atoms with E-state index in [-0.39, 0.29) is 24.1 Å². The second-order valence-corrected chi connectivity index (χ2v) is 6.94. The van der Waals surface area contributed by atoms with Gasteiger partial charge in [-0.1, -0.05) is 36.6 Å². The first-order valence-electron chi connectivity index (χ1n) is 7.51. The van der Waals surface area contributed by atoms with Crippen molar-refractivity contribution in [2.45, 2.75) is 18.8 Å². The Balaban J connectivity index is 0.00000113. The van der Waals surface area contributed by atoms with Gasteiger partial charge in [0.1, 0.15) is 21.5 Å². The Morgan fingerprint density at radius 2 is 1.92 bits per heavy atom. The van der Waals surface area contributed by atoms with E-state index in [0.29, 0.717) is 16.4 Å². The summed E-state index contributed by atoms with van der Waals surface area (Å²) in [6.07, 6.45) is 1.81. The number of piperidine rings is 1. The summed E-state index contributed by atoms with van der Waals surface area (Å²) in [7, 11) is 0. The maximum Gasteiger partial charge on any atom is 0.262 e. The number of aromatic amines is 1. The second kappa shape index (κ2) is 7.42. The molecule has 4 rings (SSSR count). The van der Waals surface area contributed by atoms with Crippen LogP contribution in [0.1, 0.15) is 24.6 Å². The first-order valence-corrected chi connectivity index (χ1v) is 8.71. The van der Waals surface area contributed by atoms with E-state index in [2.05, 4.69) is 20.3 Å². The van der Waals surface area contributed by atoms with Crippen LogP contribution in [0.3, 0.4) is 0 Å². The molecule has 134 valence electrons. The smallest absolute Gasteiger partial charge is 0.262 e. The molecule has 0 spiro atoms. The van der Waals surface area contributed by atoms with Crippen LogP contribution in [-0.2, 0) is 0 Å². The van der Waals surface area contributed by atoms with E-state index in [4.69, 9.17) is 11.6 Å². The molecule has 1 aliphatic rings. The molecule has 25 heavy (non-hydrogen) atoms. The summed E-state index contributed by atoms with van der Waals surface area (Å²) in [4.78, 5) is 24.4. The fourth-order valence-corrected chi connectivity index (χ4v) is 4.17. The summed E-state index contributed by atoms with van der Waals surface area (Å²) < 4.78 is 1.02. The van der Waals surface area contributed by atoms with Crippen LogP contribution < -0.4 is 5.56 Å². The third kappa shape index (κ3) is 3.38. The molecule has 0 unspecified atom stereocenters. The fraction of sp³-hybridized carbons (Fsp3) is 0.294. The average molecular weight is 608 g/mol. The number of rotatable bonds is 2. The van der Waals surface area contributed by atoms with E-state index in [9.17, 15) is 4.79 Å². The van der Waals surface area contributed by atoms with E-state index in [1.54, 1.807) is 0 Å². The molecule has 2 aromatic heterocycles. The van der Waals surface area contributed by atoms with Crippen LogP contribution in [0.25, 0.3) is 26.1 Å². The number of hydrogen-bond donors (Lipinski definition) is 1. The number of fused-ring (bicyclic) bond motifs is 1. The Kier molecular flexibility index (Phi) is 5.51. The molecule has 8 heteroatoms. The zero-order valence-corrected chi connectivity index (χ0v) is 18.1. The van der Waals surface area contributed by atoms with Gasteiger partial charge < -0.3 is 17.7 Å². The van der Waals surface area contributed by atoms with E-state index >= 15 is 0 Å². The normalized spacial score (nSPS) is 14.8. The third-order valence-electron chi connectivity index (χ3n) is 4.06. The minimum absolute atomic E-state index is 0. The van der Waals surface area contributed by atoms with Crippen LogP contribution in [0.15, 0.2) is 29.1 Å². The number of para-hydroxylation sites is 1. The Bertz CT molecular complexity index is 887. The van der Waals surface area contributed by atoms with Crippen LogP contribution in [0.4, 0.5) is 0 Å². The third-order valence-corrected chi connectivity index (χ3v) is 5.39. The van der Waals surface area contributed by atoms with E-state index in [0.717, 1.165) is 36.1 Å². The molecule has 0 aliphatic carbocycles. The molecule has 3 aromatic rings. The minimum atomic E-state index is -0.221. The Morgan fingerprint density at radius 3 is 2.60 bits per heavy atom. The van der Waals surface area contributed by atoms with Gasteiger partial charge in [-0.05, 0) is 12.1 Å². The maximum atomic E-state index is 12.5. The van der Waals surface area contributed by atoms with E-state index in [1.807, 2.05) is 24.3 Å². The summed E-state index contributed by atoms with van der Waals surface area (Å²) in [6, 6.07) is 7.77. The summed E-state index contributed by atoms with van der Waals surface area (Å²) >= 11 is 7.78. The molecule has 1 saturated heterocycles. The van der Waals surface area contributed by atoms with E-state index < -0.39 is 0 Å². The largest absolute Gasteiger partial charge is 0.662 e. The number of nitrogens with zero attached hydrogens (tertiary/aromatic N) is 3. The topological polar surface area (TPSA) is 72.7 Å². The Labute approximate surface area is 149 Å². The van der Waals surface area contributed by atoms with Crippen molar-refractivity contribution in [3.05, 3.63) is 58.3 Å². The van der Waals surface area contributed by atoms with Gasteiger partial charge in [0, 0.05) is 5.92 Å². The van der Waals surface area contributed by atoms with Crippen molar-refractivity contribution < 1.29 is 0 Å². The van der Waals surface area contributed by atoms with Crippen molar-refractivity contribution >= 4 is 33.2 Å². The van der Waals surface area contributed by atoms with Crippen LogP contribution >= 0.6 is 22.9 Å². The zero-order chi connectivity index (χ0) is 15.8. The van der Waals surface area contributed by atoms with Gasteiger partial charge in [0.05, 0.1) is 10.2 Å². The number of thiazole rings is 1. The molecule has 0 radical (unpaired) electrons. The van der Waals surface area contributed by atoms with Crippen molar-refractivity contribution in [1.82, 2.24) is 15.0 Å². The van der Waals surface area contributed by atoms with Crippen LogP contribution in [-0.4, -0.2) is 28.0 Å². The summed E-state index contributed by atoms with van der Waals surface area (Å²) in [5, 5.41) is 5.16. The van der Waals surface area contributed by atoms with Crippen molar-refractivity contribution in [3.8, 4) is 10.6 Å². The molecule has 1 aromatic carbocycles. The monoisotopic (exact) mass is 603 g/mol. The quantitative estimate of drug-likeness (QED) is 0.347. The van der Waals surface area contributed by atoms with Gasteiger partial charge in [0.25, 0.3) is 5.56 Å². The molecule has 0 saturated carbocycles. The fourth-order valence-electron chi connectivity index (χ4n) is 2.84. The molecule has 5 nitrogen and oxygen atoms in total. The molecule has 1 fully saturated rings. The standard InChI is InChI=1S/C16H14ClN4OS.CH3.Cm/c17-13-12(16-19-10-3-1-2-4-11(10)23-16)15(22)21-14(20-13)9-5-7-18-8-6-9;;/h1-4,9H,5-8H2,(H,20,21,22);1H3;/q2*-1;. The summed E-state index contributed by atoms with van der Waals surface area (Å²) in [5.41, 5.74) is 1.000. The van der Waals surface area contributed by atoms with Crippen molar-refractivity contribution in [1.29, 1.82) is 0 Å². The van der Waals surface area contributed by atoms with Gasteiger partial charge in [-0.3, -0.25) is 4.79 Å². The van der Waals surface area contributed by atoms with Gasteiger partial charge in [0.2, 0.25) is 0 Å². The van der Waals surface area contributed by atoms with Crippen LogP contribution in [0.2, 0.25) is 5.15 Å². The average Bonchev–Trinajstić information content (AvgIpc) is 2.98. The van der Waals surface area contributed by atoms with Crippen LogP contribution in [0, 0.1) is 7.43 Å². The molecular weight excluding hydrogens is 591 g/mol. The molecule has 3 heterocycles. The molecule has 0 bridgehead atoms. The second-order valence-electron chi connectivity index (χ2n) is 5.55. The number of nitrogens with one attached hydrogen (secondary N) is 1. The molecule has 1 aliphatic heterocycles. The maximum absolute atomic E-state index is 12.5. The number of hydrogen-bond acceptors (Lipinski definition) is 4. The molecular formula is C17H17ClCmN4OS-2. The SMILES string of the molecule is O=c1[nH]c(C2CC[N-]CC2)nc(Cl)c1-c1nc2ccccc2s1.[CH3-].[Cm].